The topological polar surface area (TPSA) is 72.3 Å². The van der Waals surface area contributed by atoms with Gasteiger partial charge in [-0.3, -0.25) is 9.48 Å². The van der Waals surface area contributed by atoms with Gasteiger partial charge < -0.3 is 4.90 Å². The van der Waals surface area contributed by atoms with Crippen LogP contribution >= 0.6 is 0 Å². The molecule has 0 aliphatic carbocycles. The first kappa shape index (κ1) is 17.0. The molecule has 1 fully saturated rings. The summed E-state index contributed by atoms with van der Waals surface area (Å²) < 4.78 is 25.9. The molecule has 0 saturated carbocycles. The number of sulfone groups is 1. The smallest absolute Gasteiger partial charge is 0.238 e. The van der Waals surface area contributed by atoms with Crippen LogP contribution in [0, 0.1) is 5.92 Å². The van der Waals surface area contributed by atoms with Crippen LogP contribution in [0.1, 0.15) is 44.7 Å². The minimum atomic E-state index is -3.33. The Hall–Kier alpha value is -1.37. The summed E-state index contributed by atoms with van der Waals surface area (Å²) in [6, 6.07) is -0.0403. The van der Waals surface area contributed by atoms with Crippen molar-refractivity contribution in [3.05, 3.63) is 18.0 Å². The maximum Gasteiger partial charge on any atom is 0.238 e. The Bertz CT molecular complexity index is 622. The molecule has 1 aromatic heterocycles. The van der Waals surface area contributed by atoms with Crippen LogP contribution in [0.3, 0.4) is 0 Å². The molecule has 0 bridgehead atoms. The highest BCUT2D eigenvalue weighted by Crippen LogP contribution is 2.31. The lowest BCUT2D eigenvalue weighted by molar-refractivity contribution is -0.129. The predicted molar refractivity (Wildman–Crippen MR) is 85.0 cm³/mol. The number of amides is 1. The Morgan fingerprint density at radius 3 is 2.77 bits per heavy atom. The summed E-state index contributed by atoms with van der Waals surface area (Å²) in [6.45, 7) is 4.59. The molecule has 1 saturated heterocycles. The van der Waals surface area contributed by atoms with Crippen molar-refractivity contribution in [1.29, 1.82) is 0 Å². The standard InChI is InChI=1S/C15H25N3O3S/c1-12(2)6-8-22(20,21)11-15(19)18-7-4-5-14(18)13-9-16-17(3)10-13/h9-10,12,14H,4-8,11H2,1-3H3/t14-/m1/s1. The largest absolute Gasteiger partial charge is 0.335 e. The maximum absolute atomic E-state index is 12.4. The van der Waals surface area contributed by atoms with Crippen molar-refractivity contribution in [3.8, 4) is 0 Å². The lowest BCUT2D eigenvalue weighted by atomic mass is 10.1. The molecular weight excluding hydrogens is 302 g/mol. The van der Waals surface area contributed by atoms with Gasteiger partial charge in [-0.05, 0) is 25.2 Å². The molecule has 1 atom stereocenters. The summed E-state index contributed by atoms with van der Waals surface area (Å²) in [4.78, 5) is 14.1. The van der Waals surface area contributed by atoms with Crippen LogP contribution in [-0.4, -0.2) is 47.1 Å². The summed E-state index contributed by atoms with van der Waals surface area (Å²) in [5.74, 6) is -0.256. The molecule has 0 spiro atoms. The van der Waals surface area contributed by atoms with Crippen LogP contribution in [-0.2, 0) is 21.7 Å². The number of hydrogen-bond donors (Lipinski definition) is 0. The zero-order valence-electron chi connectivity index (χ0n) is 13.5. The maximum atomic E-state index is 12.4. The van der Waals surface area contributed by atoms with Gasteiger partial charge in [0.15, 0.2) is 9.84 Å². The van der Waals surface area contributed by atoms with Gasteiger partial charge in [0.2, 0.25) is 5.91 Å². The third-order valence-electron chi connectivity index (χ3n) is 4.03. The Balaban J connectivity index is 2.02. The van der Waals surface area contributed by atoms with Crippen molar-refractivity contribution in [3.63, 3.8) is 0 Å². The van der Waals surface area contributed by atoms with Crippen LogP contribution in [0.15, 0.2) is 12.4 Å². The van der Waals surface area contributed by atoms with E-state index in [1.807, 2.05) is 27.1 Å². The number of hydrogen-bond acceptors (Lipinski definition) is 4. The minimum Gasteiger partial charge on any atom is -0.335 e. The number of likely N-dealkylation sites (tertiary alicyclic amines) is 1. The van der Waals surface area contributed by atoms with Gasteiger partial charge in [0.05, 0.1) is 18.0 Å². The number of aromatic nitrogens is 2. The van der Waals surface area contributed by atoms with E-state index >= 15 is 0 Å². The summed E-state index contributed by atoms with van der Waals surface area (Å²) in [6.07, 6.45) is 6.01. The monoisotopic (exact) mass is 327 g/mol. The van der Waals surface area contributed by atoms with Gasteiger partial charge in [-0.15, -0.1) is 0 Å². The Kier molecular flexibility index (Phi) is 5.26. The molecule has 0 aromatic carbocycles. The average molecular weight is 327 g/mol. The first-order valence-corrected chi connectivity index (χ1v) is 9.59. The third kappa shape index (κ3) is 4.32. The Morgan fingerprint density at radius 2 is 2.18 bits per heavy atom. The predicted octanol–water partition coefficient (Wildman–Crippen LogP) is 1.54. The molecule has 6 nitrogen and oxygen atoms in total. The third-order valence-corrected chi connectivity index (χ3v) is 5.58. The van der Waals surface area contributed by atoms with Crippen molar-refractivity contribution in [2.75, 3.05) is 18.1 Å². The van der Waals surface area contributed by atoms with Gasteiger partial charge in [-0.25, -0.2) is 8.42 Å². The zero-order valence-corrected chi connectivity index (χ0v) is 14.3. The van der Waals surface area contributed by atoms with Gasteiger partial charge in [-0.2, -0.15) is 5.10 Å². The fraction of sp³-hybridized carbons (Fsp3) is 0.733. The molecule has 124 valence electrons. The highest BCUT2D eigenvalue weighted by Gasteiger charge is 2.32. The molecule has 7 heteroatoms. The second-order valence-electron chi connectivity index (χ2n) is 6.47. The van der Waals surface area contributed by atoms with Gasteiger partial charge in [0.25, 0.3) is 0 Å². The van der Waals surface area contributed by atoms with E-state index in [0.717, 1.165) is 18.4 Å². The lowest BCUT2D eigenvalue weighted by Gasteiger charge is -2.24. The average Bonchev–Trinajstić information content (AvgIpc) is 3.04. The number of carbonyl (C=O) groups excluding carboxylic acids is 1. The number of rotatable bonds is 6. The zero-order chi connectivity index (χ0) is 16.3. The first-order chi connectivity index (χ1) is 10.3. The fourth-order valence-corrected chi connectivity index (χ4v) is 4.30. The van der Waals surface area contributed by atoms with Gasteiger partial charge >= 0.3 is 0 Å². The Labute approximate surface area is 132 Å². The van der Waals surface area contributed by atoms with E-state index in [0.29, 0.717) is 18.9 Å². The first-order valence-electron chi connectivity index (χ1n) is 7.77. The van der Waals surface area contributed by atoms with Crippen LogP contribution in [0.25, 0.3) is 0 Å². The van der Waals surface area contributed by atoms with E-state index in [1.54, 1.807) is 15.8 Å². The second-order valence-corrected chi connectivity index (χ2v) is 8.65. The fourth-order valence-electron chi connectivity index (χ4n) is 2.78. The van der Waals surface area contributed by atoms with Crippen LogP contribution in [0.2, 0.25) is 0 Å². The van der Waals surface area contributed by atoms with Crippen molar-refractivity contribution in [2.24, 2.45) is 13.0 Å². The number of aryl methyl sites for hydroxylation is 1. The minimum absolute atomic E-state index is 0.0403. The highest BCUT2D eigenvalue weighted by molar-refractivity contribution is 7.92. The summed E-state index contributed by atoms with van der Waals surface area (Å²) in [5.41, 5.74) is 0.980. The van der Waals surface area contributed by atoms with E-state index < -0.39 is 9.84 Å². The van der Waals surface area contributed by atoms with Crippen LogP contribution < -0.4 is 0 Å². The normalized spacial score (nSPS) is 19.1. The van der Waals surface area contributed by atoms with Gasteiger partial charge in [0.1, 0.15) is 5.75 Å². The second kappa shape index (κ2) is 6.81. The summed E-state index contributed by atoms with van der Waals surface area (Å²) >= 11 is 0. The number of nitrogens with zero attached hydrogens (tertiary/aromatic N) is 3. The van der Waals surface area contributed by atoms with Crippen molar-refractivity contribution >= 4 is 15.7 Å². The molecule has 22 heavy (non-hydrogen) atoms. The molecule has 0 radical (unpaired) electrons. The van der Waals surface area contributed by atoms with Gasteiger partial charge in [0, 0.05) is 25.4 Å². The van der Waals surface area contributed by atoms with Crippen LogP contribution in [0.4, 0.5) is 0 Å². The van der Waals surface area contributed by atoms with E-state index in [-0.39, 0.29) is 23.5 Å². The SMILES string of the molecule is CC(C)CCS(=O)(=O)CC(=O)N1CCC[C@@H]1c1cnn(C)c1. The quantitative estimate of drug-likeness (QED) is 0.794. The van der Waals surface area contributed by atoms with Crippen molar-refractivity contribution in [2.45, 2.75) is 39.2 Å². The molecule has 2 heterocycles. The molecular formula is C15H25N3O3S. The van der Waals surface area contributed by atoms with E-state index in [9.17, 15) is 13.2 Å². The Morgan fingerprint density at radius 1 is 1.45 bits per heavy atom. The van der Waals surface area contributed by atoms with E-state index in [2.05, 4.69) is 5.10 Å². The molecule has 1 aliphatic heterocycles. The molecule has 2 rings (SSSR count). The van der Waals surface area contributed by atoms with Crippen molar-refractivity contribution < 1.29 is 13.2 Å². The molecule has 1 amide bonds. The van der Waals surface area contributed by atoms with Crippen LogP contribution in [0.5, 0.6) is 0 Å². The van der Waals surface area contributed by atoms with Crippen molar-refractivity contribution in [1.82, 2.24) is 14.7 Å². The molecule has 1 aliphatic rings. The molecule has 0 N–H and O–H groups in total. The lowest BCUT2D eigenvalue weighted by Crippen LogP contribution is -2.36. The molecule has 0 unspecified atom stereocenters. The highest BCUT2D eigenvalue weighted by atomic mass is 32.2. The summed E-state index contributed by atoms with van der Waals surface area (Å²) in [5, 5.41) is 4.14. The van der Waals surface area contributed by atoms with E-state index in [4.69, 9.17) is 0 Å². The van der Waals surface area contributed by atoms with E-state index in [1.165, 1.54) is 0 Å². The van der Waals surface area contributed by atoms with Gasteiger partial charge in [-0.1, -0.05) is 13.8 Å². The molecule has 1 aromatic rings. The summed E-state index contributed by atoms with van der Waals surface area (Å²) in [7, 11) is -1.49. The number of carbonyl (C=O) groups is 1.